The van der Waals surface area contributed by atoms with Gasteiger partial charge in [0.05, 0.1) is 0 Å². The van der Waals surface area contributed by atoms with Gasteiger partial charge in [-0.3, -0.25) is 0 Å². The number of nitrogens with zero attached hydrogens (tertiary/aromatic N) is 1. The SMILES string of the molecule is CN(C)CCC/C=C\C=C/N. The van der Waals surface area contributed by atoms with E-state index in [-0.39, 0.29) is 0 Å². The molecule has 0 aromatic heterocycles. The van der Waals surface area contributed by atoms with Crippen LogP contribution < -0.4 is 5.73 Å². The molecule has 0 heterocycles. The lowest BCUT2D eigenvalue weighted by Gasteiger charge is -2.06. The highest BCUT2D eigenvalue weighted by atomic mass is 15.0. The van der Waals surface area contributed by atoms with Crippen LogP contribution in [0.1, 0.15) is 12.8 Å². The molecule has 0 aliphatic rings. The maximum atomic E-state index is 5.15. The van der Waals surface area contributed by atoms with Gasteiger partial charge in [-0.05, 0) is 45.8 Å². The van der Waals surface area contributed by atoms with E-state index in [1.54, 1.807) is 6.20 Å². The number of rotatable bonds is 5. The summed E-state index contributed by atoms with van der Waals surface area (Å²) in [7, 11) is 4.17. The zero-order valence-electron chi connectivity index (χ0n) is 7.46. The standard InChI is InChI=1S/C9H18N2/c1-11(2)9-7-5-3-4-6-8-10/h3-4,6,8H,5,7,9-10H2,1-2H3/b4-3-,8-6-. The summed E-state index contributed by atoms with van der Waals surface area (Å²) in [6.45, 7) is 1.15. The van der Waals surface area contributed by atoms with E-state index >= 15 is 0 Å². The molecule has 2 nitrogen and oxygen atoms in total. The fourth-order valence-electron chi connectivity index (χ4n) is 0.764. The zero-order valence-corrected chi connectivity index (χ0v) is 7.46. The second kappa shape index (κ2) is 7.35. The number of unbranched alkanes of at least 4 members (excludes halogenated alkanes) is 1. The van der Waals surface area contributed by atoms with Crippen molar-refractivity contribution in [2.75, 3.05) is 20.6 Å². The number of hydrogen-bond donors (Lipinski definition) is 1. The van der Waals surface area contributed by atoms with Crippen LogP contribution in [0.3, 0.4) is 0 Å². The highest BCUT2D eigenvalue weighted by Crippen LogP contribution is 1.92. The Morgan fingerprint density at radius 1 is 1.27 bits per heavy atom. The summed E-state index contributed by atoms with van der Waals surface area (Å²) in [6, 6.07) is 0. The molecule has 0 unspecified atom stereocenters. The molecule has 11 heavy (non-hydrogen) atoms. The van der Waals surface area contributed by atoms with Crippen LogP contribution in [0.2, 0.25) is 0 Å². The first-order chi connectivity index (χ1) is 5.27. The van der Waals surface area contributed by atoms with Gasteiger partial charge >= 0.3 is 0 Å². The number of nitrogens with two attached hydrogens (primary N) is 1. The monoisotopic (exact) mass is 154 g/mol. The Morgan fingerprint density at radius 3 is 2.55 bits per heavy atom. The zero-order chi connectivity index (χ0) is 8.53. The quantitative estimate of drug-likeness (QED) is 0.478. The molecule has 0 bridgehead atoms. The minimum absolute atomic E-state index is 1.13. The Bertz CT molecular complexity index is 126. The summed E-state index contributed by atoms with van der Waals surface area (Å²) in [4.78, 5) is 2.19. The topological polar surface area (TPSA) is 29.3 Å². The smallest absolute Gasteiger partial charge is 0.00219 e. The number of hydrogen-bond acceptors (Lipinski definition) is 2. The van der Waals surface area contributed by atoms with Crippen molar-refractivity contribution in [3.05, 3.63) is 24.4 Å². The first-order valence-corrected chi connectivity index (χ1v) is 3.95. The predicted octanol–water partition coefficient (Wildman–Crippen LogP) is 1.36. The van der Waals surface area contributed by atoms with Gasteiger partial charge in [-0.1, -0.05) is 12.2 Å². The molecule has 0 fully saturated rings. The van der Waals surface area contributed by atoms with Crippen LogP contribution in [0.5, 0.6) is 0 Å². The van der Waals surface area contributed by atoms with Gasteiger partial charge in [0.2, 0.25) is 0 Å². The van der Waals surface area contributed by atoms with E-state index in [4.69, 9.17) is 5.73 Å². The molecule has 0 atom stereocenters. The fraction of sp³-hybridized carbons (Fsp3) is 0.556. The third-order valence-corrected chi connectivity index (χ3v) is 1.33. The first-order valence-electron chi connectivity index (χ1n) is 3.95. The molecule has 0 radical (unpaired) electrons. The Balaban J connectivity index is 3.14. The van der Waals surface area contributed by atoms with E-state index in [9.17, 15) is 0 Å². The lowest BCUT2D eigenvalue weighted by molar-refractivity contribution is 0.402. The van der Waals surface area contributed by atoms with Crippen molar-refractivity contribution < 1.29 is 0 Å². The fourth-order valence-corrected chi connectivity index (χ4v) is 0.764. The molecule has 0 saturated carbocycles. The average molecular weight is 154 g/mol. The average Bonchev–Trinajstić information content (AvgIpc) is 1.96. The first kappa shape index (κ1) is 10.2. The molecule has 2 N–H and O–H groups in total. The molecular weight excluding hydrogens is 136 g/mol. The van der Waals surface area contributed by atoms with Crippen LogP contribution in [0.25, 0.3) is 0 Å². The van der Waals surface area contributed by atoms with Crippen LogP contribution in [0, 0.1) is 0 Å². The van der Waals surface area contributed by atoms with E-state index in [0.29, 0.717) is 0 Å². The predicted molar refractivity (Wildman–Crippen MR) is 50.3 cm³/mol. The van der Waals surface area contributed by atoms with Crippen LogP contribution in [-0.4, -0.2) is 25.5 Å². The lowest BCUT2D eigenvalue weighted by atomic mass is 10.3. The summed E-state index contributed by atoms with van der Waals surface area (Å²) in [5, 5.41) is 0. The van der Waals surface area contributed by atoms with Crippen molar-refractivity contribution in [1.82, 2.24) is 4.90 Å². The van der Waals surface area contributed by atoms with Crippen molar-refractivity contribution in [3.63, 3.8) is 0 Å². The van der Waals surface area contributed by atoms with E-state index in [0.717, 1.165) is 13.0 Å². The summed E-state index contributed by atoms with van der Waals surface area (Å²) in [5.74, 6) is 0. The van der Waals surface area contributed by atoms with Crippen LogP contribution in [0.4, 0.5) is 0 Å². The van der Waals surface area contributed by atoms with Gasteiger partial charge < -0.3 is 10.6 Å². The van der Waals surface area contributed by atoms with Gasteiger partial charge in [0.1, 0.15) is 0 Å². The highest BCUT2D eigenvalue weighted by Gasteiger charge is 1.85. The molecule has 0 aromatic carbocycles. The Hall–Kier alpha value is -0.760. The Labute approximate surface area is 69.4 Å². The van der Waals surface area contributed by atoms with Gasteiger partial charge in [0.15, 0.2) is 0 Å². The van der Waals surface area contributed by atoms with Crippen molar-refractivity contribution in [2.24, 2.45) is 5.73 Å². The van der Waals surface area contributed by atoms with Crippen molar-refractivity contribution in [2.45, 2.75) is 12.8 Å². The normalized spacial score (nSPS) is 12.3. The molecule has 2 heteroatoms. The molecule has 64 valence electrons. The highest BCUT2D eigenvalue weighted by molar-refractivity contribution is 5.00. The van der Waals surface area contributed by atoms with E-state index in [2.05, 4.69) is 25.1 Å². The molecule has 0 aliphatic heterocycles. The van der Waals surface area contributed by atoms with E-state index in [1.807, 2.05) is 12.2 Å². The van der Waals surface area contributed by atoms with E-state index in [1.165, 1.54) is 6.42 Å². The molecule has 0 spiro atoms. The summed E-state index contributed by atoms with van der Waals surface area (Å²) in [6.07, 6.45) is 9.84. The summed E-state index contributed by atoms with van der Waals surface area (Å²) < 4.78 is 0. The van der Waals surface area contributed by atoms with Crippen molar-refractivity contribution in [1.29, 1.82) is 0 Å². The largest absolute Gasteiger partial charge is 0.405 e. The van der Waals surface area contributed by atoms with Gasteiger partial charge in [0.25, 0.3) is 0 Å². The van der Waals surface area contributed by atoms with Crippen LogP contribution in [0.15, 0.2) is 24.4 Å². The van der Waals surface area contributed by atoms with Gasteiger partial charge in [-0.25, -0.2) is 0 Å². The molecule has 0 amide bonds. The second-order valence-corrected chi connectivity index (χ2v) is 2.76. The maximum Gasteiger partial charge on any atom is -0.00219 e. The molecular formula is C9H18N2. The van der Waals surface area contributed by atoms with Gasteiger partial charge in [0, 0.05) is 0 Å². The molecule has 0 aromatic rings. The molecule has 0 aliphatic carbocycles. The van der Waals surface area contributed by atoms with Gasteiger partial charge in [-0.2, -0.15) is 0 Å². The Kier molecular flexibility index (Phi) is 6.84. The van der Waals surface area contributed by atoms with E-state index < -0.39 is 0 Å². The minimum atomic E-state index is 1.13. The van der Waals surface area contributed by atoms with Crippen molar-refractivity contribution in [3.8, 4) is 0 Å². The second-order valence-electron chi connectivity index (χ2n) is 2.76. The maximum absolute atomic E-state index is 5.15. The third-order valence-electron chi connectivity index (χ3n) is 1.33. The summed E-state index contributed by atoms with van der Waals surface area (Å²) in [5.41, 5.74) is 5.15. The van der Waals surface area contributed by atoms with Gasteiger partial charge in [-0.15, -0.1) is 0 Å². The van der Waals surface area contributed by atoms with Crippen molar-refractivity contribution >= 4 is 0 Å². The molecule has 0 rings (SSSR count). The minimum Gasteiger partial charge on any atom is -0.405 e. The van der Waals surface area contributed by atoms with Crippen LogP contribution >= 0.6 is 0 Å². The Morgan fingerprint density at radius 2 is 2.00 bits per heavy atom. The summed E-state index contributed by atoms with van der Waals surface area (Å²) >= 11 is 0. The third kappa shape index (κ3) is 9.24. The lowest BCUT2D eigenvalue weighted by Crippen LogP contribution is -2.12. The molecule has 0 saturated heterocycles. The number of allylic oxidation sites excluding steroid dienone is 3. The van der Waals surface area contributed by atoms with Crippen LogP contribution in [-0.2, 0) is 0 Å².